The summed E-state index contributed by atoms with van der Waals surface area (Å²) in [5.41, 5.74) is 5.24. The first kappa shape index (κ1) is 18.5. The molecule has 0 N–H and O–H groups in total. The van der Waals surface area contributed by atoms with Crippen molar-refractivity contribution in [2.45, 2.75) is 45.8 Å². The SMILES string of the molecule is Cc1ccc2c(c1)c1ccccc1n2-c1ccc(B2OC(C)(C)C(C)(C)O2)cc1. The Kier molecular flexibility index (Phi) is 3.96. The monoisotopic (exact) mass is 383 g/mol. The van der Waals surface area contributed by atoms with Gasteiger partial charge in [0.2, 0.25) is 0 Å². The van der Waals surface area contributed by atoms with E-state index in [0.29, 0.717) is 0 Å². The fraction of sp³-hybridized carbons (Fsp3) is 0.280. The van der Waals surface area contributed by atoms with Crippen LogP contribution in [0, 0.1) is 6.92 Å². The van der Waals surface area contributed by atoms with Crippen LogP contribution in [0.25, 0.3) is 27.5 Å². The van der Waals surface area contributed by atoms with Gasteiger partial charge < -0.3 is 13.9 Å². The molecule has 0 aliphatic carbocycles. The van der Waals surface area contributed by atoms with E-state index in [4.69, 9.17) is 9.31 Å². The number of aryl methyl sites for hydroxylation is 1. The first-order valence-corrected chi connectivity index (χ1v) is 10.2. The van der Waals surface area contributed by atoms with Crippen molar-refractivity contribution in [2.24, 2.45) is 0 Å². The lowest BCUT2D eigenvalue weighted by atomic mass is 9.79. The van der Waals surface area contributed by atoms with Crippen LogP contribution < -0.4 is 5.46 Å². The Morgan fingerprint density at radius 2 is 1.34 bits per heavy atom. The molecule has 0 atom stereocenters. The smallest absolute Gasteiger partial charge is 0.399 e. The normalized spacial score (nSPS) is 18.0. The standard InChI is InChI=1S/C25H26BNO2/c1-17-10-15-23-21(16-17)20-8-6-7-9-22(20)27(23)19-13-11-18(12-14-19)26-28-24(2,3)25(4,5)29-26/h6-16H,1-5H3. The van der Waals surface area contributed by atoms with Crippen LogP contribution in [0.1, 0.15) is 33.3 Å². The molecule has 4 aromatic rings. The van der Waals surface area contributed by atoms with Crippen molar-refractivity contribution in [3.05, 3.63) is 72.3 Å². The summed E-state index contributed by atoms with van der Waals surface area (Å²) in [5, 5.41) is 2.57. The molecular formula is C25H26BNO2. The van der Waals surface area contributed by atoms with Gasteiger partial charge in [0.25, 0.3) is 0 Å². The lowest BCUT2D eigenvalue weighted by Crippen LogP contribution is -2.41. The van der Waals surface area contributed by atoms with E-state index < -0.39 is 0 Å². The van der Waals surface area contributed by atoms with E-state index in [1.54, 1.807) is 0 Å². The van der Waals surface area contributed by atoms with Crippen LogP contribution in [0.5, 0.6) is 0 Å². The van der Waals surface area contributed by atoms with Gasteiger partial charge in [0.05, 0.1) is 22.2 Å². The first-order chi connectivity index (χ1) is 13.8. The Hall–Kier alpha value is -2.56. The number of rotatable bonds is 2. The van der Waals surface area contributed by atoms with Crippen LogP contribution in [0.3, 0.4) is 0 Å². The first-order valence-electron chi connectivity index (χ1n) is 10.2. The van der Waals surface area contributed by atoms with E-state index in [1.807, 2.05) is 0 Å². The van der Waals surface area contributed by atoms with Crippen LogP contribution in [0.2, 0.25) is 0 Å². The van der Waals surface area contributed by atoms with E-state index in [0.717, 1.165) is 11.2 Å². The molecule has 1 aliphatic heterocycles. The maximum absolute atomic E-state index is 6.21. The summed E-state index contributed by atoms with van der Waals surface area (Å²) >= 11 is 0. The number of benzene rings is 3. The Balaban J connectivity index is 1.60. The summed E-state index contributed by atoms with van der Waals surface area (Å²) < 4.78 is 14.7. The molecular weight excluding hydrogens is 357 g/mol. The Morgan fingerprint density at radius 1 is 0.724 bits per heavy atom. The van der Waals surface area contributed by atoms with Gasteiger partial charge in [0, 0.05) is 16.5 Å². The molecule has 146 valence electrons. The lowest BCUT2D eigenvalue weighted by molar-refractivity contribution is 0.00578. The average molecular weight is 383 g/mol. The predicted octanol–water partition coefficient (Wildman–Crippen LogP) is 5.39. The molecule has 29 heavy (non-hydrogen) atoms. The molecule has 0 saturated carbocycles. The molecule has 3 aromatic carbocycles. The molecule has 1 aromatic heterocycles. The van der Waals surface area contributed by atoms with Crippen molar-refractivity contribution in [3.8, 4) is 5.69 Å². The minimum atomic E-state index is -0.338. The zero-order valence-corrected chi connectivity index (χ0v) is 17.7. The number of hydrogen-bond donors (Lipinski definition) is 0. The van der Waals surface area contributed by atoms with Gasteiger partial charge in [-0.25, -0.2) is 0 Å². The highest BCUT2D eigenvalue weighted by Crippen LogP contribution is 2.37. The van der Waals surface area contributed by atoms with Gasteiger partial charge in [-0.15, -0.1) is 0 Å². The van der Waals surface area contributed by atoms with E-state index in [2.05, 4.69) is 106 Å². The number of aromatic nitrogens is 1. The van der Waals surface area contributed by atoms with Gasteiger partial charge in [0.1, 0.15) is 0 Å². The van der Waals surface area contributed by atoms with E-state index in [9.17, 15) is 0 Å². The van der Waals surface area contributed by atoms with Gasteiger partial charge in [-0.1, -0.05) is 42.0 Å². The van der Waals surface area contributed by atoms with Crippen LogP contribution in [0.15, 0.2) is 66.7 Å². The summed E-state index contributed by atoms with van der Waals surface area (Å²) in [6.07, 6.45) is 0. The van der Waals surface area contributed by atoms with Crippen molar-refractivity contribution >= 4 is 34.4 Å². The van der Waals surface area contributed by atoms with Crippen molar-refractivity contribution < 1.29 is 9.31 Å². The lowest BCUT2D eigenvalue weighted by Gasteiger charge is -2.32. The number of nitrogens with zero attached hydrogens (tertiary/aromatic N) is 1. The van der Waals surface area contributed by atoms with Gasteiger partial charge in [-0.3, -0.25) is 0 Å². The Bertz CT molecular complexity index is 1210. The van der Waals surface area contributed by atoms with Crippen LogP contribution >= 0.6 is 0 Å². The van der Waals surface area contributed by atoms with Gasteiger partial charge >= 0.3 is 7.12 Å². The summed E-state index contributed by atoms with van der Waals surface area (Å²) in [5.74, 6) is 0. The third kappa shape index (κ3) is 2.82. The summed E-state index contributed by atoms with van der Waals surface area (Å²) in [6, 6.07) is 23.8. The molecule has 0 unspecified atom stereocenters. The molecule has 1 aliphatic rings. The zero-order valence-electron chi connectivity index (χ0n) is 17.7. The van der Waals surface area contributed by atoms with E-state index >= 15 is 0 Å². The van der Waals surface area contributed by atoms with Gasteiger partial charge in [-0.05, 0) is 70.4 Å². The molecule has 0 bridgehead atoms. The Labute approximate surface area is 172 Å². The number of fused-ring (bicyclic) bond motifs is 3. The molecule has 0 spiro atoms. The Morgan fingerprint density at radius 3 is 2.03 bits per heavy atom. The highest BCUT2D eigenvalue weighted by atomic mass is 16.7. The van der Waals surface area contributed by atoms with Gasteiger partial charge in [0.15, 0.2) is 0 Å². The summed E-state index contributed by atoms with van der Waals surface area (Å²) in [7, 11) is -0.338. The third-order valence-electron chi connectivity index (χ3n) is 6.50. The van der Waals surface area contributed by atoms with Crippen molar-refractivity contribution in [1.82, 2.24) is 4.57 Å². The number of hydrogen-bond acceptors (Lipinski definition) is 2. The molecule has 1 saturated heterocycles. The summed E-state index contributed by atoms with van der Waals surface area (Å²) in [4.78, 5) is 0. The highest BCUT2D eigenvalue weighted by molar-refractivity contribution is 6.62. The quantitative estimate of drug-likeness (QED) is 0.433. The van der Waals surface area contributed by atoms with Crippen molar-refractivity contribution in [2.75, 3.05) is 0 Å². The maximum Gasteiger partial charge on any atom is 0.494 e. The highest BCUT2D eigenvalue weighted by Gasteiger charge is 2.51. The molecule has 3 nitrogen and oxygen atoms in total. The topological polar surface area (TPSA) is 23.4 Å². The molecule has 0 amide bonds. The summed E-state index contributed by atoms with van der Waals surface area (Å²) in [6.45, 7) is 10.5. The van der Waals surface area contributed by atoms with E-state index in [1.165, 1.54) is 27.4 Å². The average Bonchev–Trinajstić information content (AvgIpc) is 3.12. The molecule has 0 radical (unpaired) electrons. The zero-order chi connectivity index (χ0) is 20.4. The fourth-order valence-corrected chi connectivity index (χ4v) is 4.12. The minimum Gasteiger partial charge on any atom is -0.399 e. The second kappa shape index (κ2) is 6.22. The largest absolute Gasteiger partial charge is 0.494 e. The second-order valence-electron chi connectivity index (χ2n) is 9.05. The molecule has 1 fully saturated rings. The van der Waals surface area contributed by atoms with E-state index in [-0.39, 0.29) is 18.3 Å². The van der Waals surface area contributed by atoms with Crippen LogP contribution in [0.4, 0.5) is 0 Å². The van der Waals surface area contributed by atoms with Gasteiger partial charge in [-0.2, -0.15) is 0 Å². The predicted molar refractivity (Wildman–Crippen MR) is 121 cm³/mol. The van der Waals surface area contributed by atoms with Crippen molar-refractivity contribution in [1.29, 1.82) is 0 Å². The molecule has 4 heteroatoms. The fourth-order valence-electron chi connectivity index (χ4n) is 4.12. The number of para-hydroxylation sites is 1. The molecule has 2 heterocycles. The molecule has 5 rings (SSSR count). The van der Waals surface area contributed by atoms with Crippen molar-refractivity contribution in [3.63, 3.8) is 0 Å². The maximum atomic E-state index is 6.21. The van der Waals surface area contributed by atoms with Crippen LogP contribution in [-0.2, 0) is 9.31 Å². The second-order valence-corrected chi connectivity index (χ2v) is 9.05. The third-order valence-corrected chi connectivity index (χ3v) is 6.50. The minimum absolute atomic E-state index is 0.332. The van der Waals surface area contributed by atoms with Crippen LogP contribution in [-0.4, -0.2) is 22.9 Å².